The molecule has 0 saturated carbocycles. The molecular formula is C7H16O3S2. The van der Waals surface area contributed by atoms with Gasteiger partial charge in [0.1, 0.15) is 0 Å². The summed E-state index contributed by atoms with van der Waals surface area (Å²) in [5.74, 6) is 0. The van der Waals surface area contributed by atoms with Crippen molar-refractivity contribution in [1.82, 2.24) is 0 Å². The van der Waals surface area contributed by atoms with Gasteiger partial charge in [0, 0.05) is 0 Å². The molecule has 0 heterocycles. The Bertz CT molecular complexity index is 187. The number of rotatable bonds is 7. The molecule has 0 atom stereocenters. The second-order valence-electron chi connectivity index (χ2n) is 2.46. The van der Waals surface area contributed by atoms with Crippen LogP contribution in [0.1, 0.15) is 32.6 Å². The van der Waals surface area contributed by atoms with Crippen molar-refractivity contribution >= 4 is 19.9 Å². The third-order valence-corrected chi connectivity index (χ3v) is 3.81. The first-order valence-electron chi connectivity index (χ1n) is 4.07. The van der Waals surface area contributed by atoms with E-state index in [4.69, 9.17) is 0 Å². The first-order chi connectivity index (χ1) is 5.62. The van der Waals surface area contributed by atoms with Gasteiger partial charge < -0.3 is 0 Å². The summed E-state index contributed by atoms with van der Waals surface area (Å²) in [4.78, 5) is 0. The van der Waals surface area contributed by atoms with Crippen LogP contribution in [0.25, 0.3) is 0 Å². The third-order valence-electron chi connectivity index (χ3n) is 1.43. The van der Waals surface area contributed by atoms with Gasteiger partial charge in [0.2, 0.25) is 0 Å². The monoisotopic (exact) mass is 212 g/mol. The summed E-state index contributed by atoms with van der Waals surface area (Å²) in [7, 11) is -2.55. The van der Waals surface area contributed by atoms with Crippen molar-refractivity contribution in [1.29, 1.82) is 0 Å². The van der Waals surface area contributed by atoms with E-state index in [9.17, 15) is 8.42 Å². The first kappa shape index (κ1) is 12.3. The lowest BCUT2D eigenvalue weighted by atomic mass is 10.2. The molecule has 0 aliphatic rings. The van der Waals surface area contributed by atoms with E-state index >= 15 is 0 Å². The van der Waals surface area contributed by atoms with Crippen LogP contribution in [0, 0.1) is 0 Å². The molecule has 0 aromatic heterocycles. The normalized spacial score (nSPS) is 11.8. The van der Waals surface area contributed by atoms with Gasteiger partial charge in [0.05, 0.1) is 6.61 Å². The highest BCUT2D eigenvalue weighted by Crippen LogP contribution is 2.10. The van der Waals surface area contributed by atoms with Crippen molar-refractivity contribution in [2.24, 2.45) is 0 Å². The van der Waals surface area contributed by atoms with Gasteiger partial charge in [0.25, 0.3) is 0 Å². The van der Waals surface area contributed by atoms with Gasteiger partial charge in [-0.1, -0.05) is 26.2 Å². The topological polar surface area (TPSA) is 43.4 Å². The predicted octanol–water partition coefficient (Wildman–Crippen LogP) is 2.19. The smallest absolute Gasteiger partial charge is 0.262 e. The Kier molecular flexibility index (Phi) is 6.89. The molecule has 5 heteroatoms. The molecule has 74 valence electrons. The molecule has 0 N–H and O–H groups in total. The van der Waals surface area contributed by atoms with E-state index in [-0.39, 0.29) is 0 Å². The van der Waals surface area contributed by atoms with Gasteiger partial charge in [-0.05, 0) is 23.5 Å². The van der Waals surface area contributed by atoms with E-state index in [0.29, 0.717) is 6.61 Å². The second-order valence-corrected chi connectivity index (χ2v) is 6.07. The van der Waals surface area contributed by atoms with Crippen LogP contribution in [-0.2, 0) is 13.3 Å². The van der Waals surface area contributed by atoms with Crippen molar-refractivity contribution in [3.63, 3.8) is 0 Å². The molecule has 0 rings (SSSR count). The van der Waals surface area contributed by atoms with Gasteiger partial charge in [-0.15, -0.1) is 0 Å². The standard InChI is InChI=1S/C7H16O3S2/c1-3-4-5-6-7-10-12(8,9)11-2/h3-7H2,1-2H3. The summed E-state index contributed by atoms with van der Waals surface area (Å²) in [5.41, 5.74) is 0. The molecule has 0 fully saturated rings. The Morgan fingerprint density at radius 2 is 1.92 bits per heavy atom. The molecule has 0 saturated heterocycles. The van der Waals surface area contributed by atoms with Crippen LogP contribution in [0.3, 0.4) is 0 Å². The molecule has 0 aliphatic heterocycles. The summed E-state index contributed by atoms with van der Waals surface area (Å²) in [5, 5.41) is 0. The van der Waals surface area contributed by atoms with Crippen LogP contribution in [0.2, 0.25) is 0 Å². The molecular weight excluding hydrogens is 196 g/mol. The maximum absolute atomic E-state index is 10.8. The van der Waals surface area contributed by atoms with Crippen LogP contribution in [0.5, 0.6) is 0 Å². The molecule has 12 heavy (non-hydrogen) atoms. The van der Waals surface area contributed by atoms with Crippen LogP contribution < -0.4 is 0 Å². The molecule has 0 aromatic carbocycles. The van der Waals surface area contributed by atoms with E-state index in [1.165, 1.54) is 6.26 Å². The van der Waals surface area contributed by atoms with Crippen LogP contribution in [0.15, 0.2) is 0 Å². The summed E-state index contributed by atoms with van der Waals surface area (Å²) in [6.07, 6.45) is 5.66. The Balaban J connectivity index is 3.32. The van der Waals surface area contributed by atoms with Crippen molar-refractivity contribution in [3.8, 4) is 0 Å². The molecule has 3 nitrogen and oxygen atoms in total. The zero-order chi connectivity index (χ0) is 9.45. The molecule has 0 aliphatic carbocycles. The zero-order valence-electron chi connectivity index (χ0n) is 7.58. The van der Waals surface area contributed by atoms with Crippen molar-refractivity contribution in [2.45, 2.75) is 32.6 Å². The summed E-state index contributed by atoms with van der Waals surface area (Å²) in [6, 6.07) is 0. The fraction of sp³-hybridized carbons (Fsp3) is 1.00. The van der Waals surface area contributed by atoms with Crippen molar-refractivity contribution < 1.29 is 12.6 Å². The summed E-state index contributed by atoms with van der Waals surface area (Å²) >= 11 is 0. The van der Waals surface area contributed by atoms with Crippen molar-refractivity contribution in [3.05, 3.63) is 0 Å². The van der Waals surface area contributed by atoms with Crippen LogP contribution in [0.4, 0.5) is 0 Å². The minimum atomic E-state index is -3.29. The molecule has 0 aromatic rings. The van der Waals surface area contributed by atoms with Crippen molar-refractivity contribution in [2.75, 3.05) is 12.9 Å². The number of hydrogen-bond donors (Lipinski definition) is 0. The van der Waals surface area contributed by atoms with E-state index in [0.717, 1.165) is 36.5 Å². The predicted molar refractivity (Wildman–Crippen MR) is 52.5 cm³/mol. The second kappa shape index (κ2) is 6.74. The number of unbranched alkanes of at least 4 members (excludes halogenated alkanes) is 3. The Morgan fingerprint density at radius 1 is 1.25 bits per heavy atom. The fourth-order valence-electron chi connectivity index (χ4n) is 0.738. The van der Waals surface area contributed by atoms with E-state index < -0.39 is 9.15 Å². The average molecular weight is 212 g/mol. The highest BCUT2D eigenvalue weighted by Gasteiger charge is 2.06. The van der Waals surface area contributed by atoms with Gasteiger partial charge in [-0.3, -0.25) is 4.18 Å². The Labute approximate surface area is 78.4 Å². The van der Waals surface area contributed by atoms with E-state index in [1.54, 1.807) is 0 Å². The maximum atomic E-state index is 10.8. The van der Waals surface area contributed by atoms with Crippen LogP contribution >= 0.6 is 10.8 Å². The Hall–Kier alpha value is 0.260. The largest absolute Gasteiger partial charge is 0.321 e. The number of hydrogen-bond acceptors (Lipinski definition) is 4. The third kappa shape index (κ3) is 6.94. The minimum Gasteiger partial charge on any atom is -0.262 e. The molecule has 0 radical (unpaired) electrons. The van der Waals surface area contributed by atoms with Crippen LogP contribution in [-0.4, -0.2) is 21.3 Å². The summed E-state index contributed by atoms with van der Waals surface area (Å²) in [6.45, 7) is 2.43. The van der Waals surface area contributed by atoms with E-state index in [1.807, 2.05) is 0 Å². The quantitative estimate of drug-likeness (QED) is 0.479. The molecule has 0 amide bonds. The van der Waals surface area contributed by atoms with E-state index in [2.05, 4.69) is 11.1 Å². The van der Waals surface area contributed by atoms with Gasteiger partial charge in [0.15, 0.2) is 0 Å². The summed E-state index contributed by atoms with van der Waals surface area (Å²) < 4.78 is 26.2. The fourth-order valence-corrected chi connectivity index (χ4v) is 1.65. The van der Waals surface area contributed by atoms with Gasteiger partial charge in [-0.25, -0.2) is 0 Å². The lowest BCUT2D eigenvalue weighted by molar-refractivity contribution is 0.317. The highest BCUT2D eigenvalue weighted by atomic mass is 33.1. The molecule has 0 bridgehead atoms. The maximum Gasteiger partial charge on any atom is 0.321 e. The Morgan fingerprint density at radius 3 is 2.42 bits per heavy atom. The first-order valence-corrected chi connectivity index (χ1v) is 7.22. The molecule has 0 unspecified atom stereocenters. The lowest BCUT2D eigenvalue weighted by Crippen LogP contribution is -2.01. The van der Waals surface area contributed by atoms with Gasteiger partial charge >= 0.3 is 9.15 Å². The lowest BCUT2D eigenvalue weighted by Gasteiger charge is -2.01. The SMILES string of the molecule is CCCCCCOS(=O)(=O)SC. The molecule has 0 spiro atoms. The highest BCUT2D eigenvalue weighted by molar-refractivity contribution is 8.70. The zero-order valence-corrected chi connectivity index (χ0v) is 9.21. The van der Waals surface area contributed by atoms with Gasteiger partial charge in [-0.2, -0.15) is 8.42 Å². The average Bonchev–Trinajstić information content (AvgIpc) is 2.04. The minimum absolute atomic E-state index is 0.323.